The van der Waals surface area contributed by atoms with Gasteiger partial charge in [-0.2, -0.15) is 0 Å². The molecular formula is C12H12O2. The van der Waals surface area contributed by atoms with Crippen LogP contribution in [0.1, 0.15) is 36.7 Å². The van der Waals surface area contributed by atoms with Gasteiger partial charge in [0.25, 0.3) is 0 Å². The molecule has 2 heteroatoms. The molecule has 2 aliphatic heterocycles. The zero-order valence-corrected chi connectivity index (χ0v) is 8.07. The van der Waals surface area contributed by atoms with Crippen molar-refractivity contribution in [3.63, 3.8) is 0 Å². The summed E-state index contributed by atoms with van der Waals surface area (Å²) in [4.78, 5) is 11.4. The summed E-state index contributed by atoms with van der Waals surface area (Å²) < 4.78 is 5.80. The van der Waals surface area contributed by atoms with E-state index in [4.69, 9.17) is 4.74 Å². The lowest BCUT2D eigenvalue weighted by Crippen LogP contribution is -2.17. The van der Waals surface area contributed by atoms with E-state index in [0.29, 0.717) is 0 Å². The van der Waals surface area contributed by atoms with Crippen LogP contribution in [0.5, 0.6) is 0 Å². The minimum Gasteiger partial charge on any atom is -0.365 e. The molecule has 1 aromatic carbocycles. The van der Waals surface area contributed by atoms with Crippen molar-refractivity contribution >= 4 is 5.78 Å². The quantitative estimate of drug-likeness (QED) is 0.676. The number of ether oxygens (including phenoxy) is 1. The standard InChI is InChI=1S/C12H12O2/c1-7(13)10-6-11-8-4-2-3-5-9(8)12(10)14-11/h2-5,10-12H,6H2,1H3/t10-,11-,12-/m1/s1. The molecule has 0 N–H and O–H groups in total. The lowest BCUT2D eigenvalue weighted by Gasteiger charge is -2.18. The number of ketones is 1. The summed E-state index contributed by atoms with van der Waals surface area (Å²) in [5, 5.41) is 0. The second-order valence-corrected chi connectivity index (χ2v) is 4.13. The topological polar surface area (TPSA) is 26.3 Å². The van der Waals surface area contributed by atoms with Crippen LogP contribution < -0.4 is 0 Å². The van der Waals surface area contributed by atoms with Crippen LogP contribution in [0, 0.1) is 5.92 Å². The van der Waals surface area contributed by atoms with E-state index in [2.05, 4.69) is 12.1 Å². The smallest absolute Gasteiger partial charge is 0.135 e. The van der Waals surface area contributed by atoms with Crippen LogP contribution in [0.4, 0.5) is 0 Å². The van der Waals surface area contributed by atoms with E-state index in [1.54, 1.807) is 6.92 Å². The zero-order valence-electron chi connectivity index (χ0n) is 8.07. The number of Topliss-reactive ketones (excluding diaryl/α,β-unsaturated/α-hetero) is 1. The zero-order chi connectivity index (χ0) is 9.71. The van der Waals surface area contributed by atoms with Gasteiger partial charge in [-0.05, 0) is 24.5 Å². The molecule has 1 saturated heterocycles. The van der Waals surface area contributed by atoms with E-state index >= 15 is 0 Å². The summed E-state index contributed by atoms with van der Waals surface area (Å²) in [6, 6.07) is 8.23. The van der Waals surface area contributed by atoms with Crippen LogP contribution >= 0.6 is 0 Å². The van der Waals surface area contributed by atoms with Gasteiger partial charge in [0.15, 0.2) is 0 Å². The van der Waals surface area contributed by atoms with Gasteiger partial charge in [-0.3, -0.25) is 4.79 Å². The summed E-state index contributed by atoms with van der Waals surface area (Å²) in [6.07, 6.45) is 1.08. The van der Waals surface area contributed by atoms with E-state index in [-0.39, 0.29) is 23.9 Å². The molecule has 1 aromatic rings. The Labute approximate surface area is 82.9 Å². The Balaban J connectivity index is 2.06. The van der Waals surface area contributed by atoms with Crippen LogP contribution in [0.2, 0.25) is 0 Å². The van der Waals surface area contributed by atoms with Crippen molar-refractivity contribution in [1.82, 2.24) is 0 Å². The van der Waals surface area contributed by atoms with E-state index in [1.165, 1.54) is 11.1 Å². The number of rotatable bonds is 1. The molecule has 0 aromatic heterocycles. The summed E-state index contributed by atoms with van der Waals surface area (Å²) in [5.41, 5.74) is 2.51. The predicted molar refractivity (Wildman–Crippen MR) is 51.8 cm³/mol. The van der Waals surface area contributed by atoms with Crippen molar-refractivity contribution in [1.29, 1.82) is 0 Å². The van der Waals surface area contributed by atoms with Gasteiger partial charge >= 0.3 is 0 Å². The third-order valence-corrected chi connectivity index (χ3v) is 3.32. The van der Waals surface area contributed by atoms with Crippen molar-refractivity contribution in [3.05, 3.63) is 35.4 Å². The van der Waals surface area contributed by atoms with Gasteiger partial charge in [-0.1, -0.05) is 24.3 Å². The first-order valence-electron chi connectivity index (χ1n) is 5.02. The molecule has 0 amide bonds. The number of carbonyl (C=O) groups excluding carboxylic acids is 1. The molecule has 0 radical (unpaired) electrons. The van der Waals surface area contributed by atoms with E-state index in [0.717, 1.165) is 6.42 Å². The van der Waals surface area contributed by atoms with Gasteiger partial charge < -0.3 is 4.74 Å². The van der Waals surface area contributed by atoms with Gasteiger partial charge in [0.05, 0.1) is 18.1 Å². The Morgan fingerprint density at radius 1 is 1.36 bits per heavy atom. The van der Waals surface area contributed by atoms with Gasteiger partial charge in [-0.15, -0.1) is 0 Å². The molecule has 0 unspecified atom stereocenters. The van der Waals surface area contributed by atoms with Crippen LogP contribution in [-0.2, 0) is 9.53 Å². The number of benzene rings is 1. The third-order valence-electron chi connectivity index (χ3n) is 3.32. The predicted octanol–water partition coefficient (Wildman–Crippen LogP) is 2.41. The Bertz CT molecular complexity index is 397. The minimum absolute atomic E-state index is 0.0358. The molecule has 1 fully saturated rings. The first kappa shape index (κ1) is 8.18. The van der Waals surface area contributed by atoms with Crippen LogP contribution in [0.25, 0.3) is 0 Å². The van der Waals surface area contributed by atoms with Crippen molar-refractivity contribution < 1.29 is 9.53 Å². The van der Waals surface area contributed by atoms with Crippen molar-refractivity contribution in [2.24, 2.45) is 5.92 Å². The van der Waals surface area contributed by atoms with Gasteiger partial charge in [0.1, 0.15) is 5.78 Å². The molecule has 2 nitrogen and oxygen atoms in total. The fraction of sp³-hybridized carbons (Fsp3) is 0.417. The maximum Gasteiger partial charge on any atom is 0.135 e. The van der Waals surface area contributed by atoms with E-state index < -0.39 is 0 Å². The molecule has 2 heterocycles. The normalized spacial score (nSPS) is 33.1. The molecule has 3 rings (SSSR count). The van der Waals surface area contributed by atoms with Gasteiger partial charge in [-0.25, -0.2) is 0 Å². The maximum atomic E-state index is 11.4. The molecule has 2 bridgehead atoms. The maximum absolute atomic E-state index is 11.4. The Morgan fingerprint density at radius 2 is 2.07 bits per heavy atom. The number of carbonyl (C=O) groups is 1. The highest BCUT2D eigenvalue weighted by molar-refractivity contribution is 5.80. The third kappa shape index (κ3) is 0.919. The molecule has 72 valence electrons. The SMILES string of the molecule is CC(=O)[C@H]1C[C@H]2O[C@@H]1c1ccccc12. The Hall–Kier alpha value is -1.15. The van der Waals surface area contributed by atoms with Gasteiger partial charge in [0.2, 0.25) is 0 Å². The van der Waals surface area contributed by atoms with Crippen molar-refractivity contribution in [2.75, 3.05) is 0 Å². The molecule has 14 heavy (non-hydrogen) atoms. The fourth-order valence-electron chi connectivity index (χ4n) is 2.61. The van der Waals surface area contributed by atoms with E-state index in [9.17, 15) is 4.79 Å². The highest BCUT2D eigenvalue weighted by atomic mass is 16.5. The Kier molecular flexibility index (Phi) is 1.56. The lowest BCUT2D eigenvalue weighted by molar-refractivity contribution is -0.122. The van der Waals surface area contributed by atoms with Crippen LogP contribution in [0.3, 0.4) is 0 Å². The molecule has 0 saturated carbocycles. The molecule has 3 atom stereocenters. The minimum atomic E-state index is 0.0358. The fourth-order valence-corrected chi connectivity index (χ4v) is 2.61. The number of hydrogen-bond donors (Lipinski definition) is 0. The monoisotopic (exact) mass is 188 g/mol. The van der Waals surface area contributed by atoms with Crippen molar-refractivity contribution in [3.8, 4) is 0 Å². The largest absolute Gasteiger partial charge is 0.365 e. The molecule has 0 spiro atoms. The average Bonchev–Trinajstić information content (AvgIpc) is 2.75. The average molecular weight is 188 g/mol. The summed E-state index contributed by atoms with van der Waals surface area (Å²) in [5.74, 6) is 0.349. The summed E-state index contributed by atoms with van der Waals surface area (Å²) in [7, 11) is 0. The second-order valence-electron chi connectivity index (χ2n) is 4.13. The Morgan fingerprint density at radius 3 is 2.79 bits per heavy atom. The van der Waals surface area contributed by atoms with E-state index in [1.807, 2.05) is 12.1 Å². The van der Waals surface area contributed by atoms with Gasteiger partial charge in [0, 0.05) is 0 Å². The molecular weight excluding hydrogens is 176 g/mol. The lowest BCUT2D eigenvalue weighted by atomic mass is 9.82. The van der Waals surface area contributed by atoms with Crippen molar-refractivity contribution in [2.45, 2.75) is 25.6 Å². The molecule has 0 aliphatic carbocycles. The van der Waals surface area contributed by atoms with Crippen LogP contribution in [0.15, 0.2) is 24.3 Å². The van der Waals surface area contributed by atoms with Crippen LogP contribution in [-0.4, -0.2) is 5.78 Å². The highest BCUT2D eigenvalue weighted by Gasteiger charge is 2.46. The first-order valence-corrected chi connectivity index (χ1v) is 5.02. The number of hydrogen-bond acceptors (Lipinski definition) is 2. The summed E-state index contributed by atoms with van der Waals surface area (Å²) in [6.45, 7) is 1.66. The highest BCUT2D eigenvalue weighted by Crippen LogP contribution is 2.53. The second kappa shape index (κ2) is 2.67. The number of fused-ring (bicyclic) bond motifs is 5. The first-order chi connectivity index (χ1) is 6.77. The molecule has 2 aliphatic rings. The summed E-state index contributed by atoms with van der Waals surface area (Å²) >= 11 is 0.